The van der Waals surface area contributed by atoms with Crippen molar-refractivity contribution in [3.8, 4) is 0 Å². The summed E-state index contributed by atoms with van der Waals surface area (Å²) in [4.78, 5) is 46.5. The highest BCUT2D eigenvalue weighted by Crippen LogP contribution is 2.41. The lowest BCUT2D eigenvalue weighted by Gasteiger charge is -2.44. The fourth-order valence-corrected chi connectivity index (χ4v) is 3.38. The SMILES string of the molecule is CC(=O)O[C@H]1[C@H](OC(C)=O)[C@@H](OC(C)=O)[C@@H]2OC(C)(C)O[C@@H]2[C@@H]1OC(C)=O. The van der Waals surface area contributed by atoms with Gasteiger partial charge in [-0.15, -0.1) is 0 Å². The van der Waals surface area contributed by atoms with Gasteiger partial charge in [-0.05, 0) is 13.8 Å². The Balaban J connectivity index is 2.52. The predicted molar refractivity (Wildman–Crippen MR) is 86.0 cm³/mol. The number of rotatable bonds is 4. The van der Waals surface area contributed by atoms with Gasteiger partial charge in [0.25, 0.3) is 0 Å². The van der Waals surface area contributed by atoms with Crippen molar-refractivity contribution in [3.05, 3.63) is 0 Å². The quantitative estimate of drug-likeness (QED) is 0.489. The zero-order chi connectivity index (χ0) is 20.5. The first-order valence-corrected chi connectivity index (χ1v) is 8.46. The molecule has 10 heteroatoms. The minimum atomic E-state index is -1.25. The molecule has 2 aliphatic rings. The van der Waals surface area contributed by atoms with Crippen molar-refractivity contribution in [2.75, 3.05) is 0 Å². The molecule has 1 saturated heterocycles. The Kier molecular flexibility index (Phi) is 6.10. The third kappa shape index (κ3) is 4.95. The molecule has 0 spiro atoms. The fraction of sp³-hybridized carbons (Fsp3) is 0.765. The van der Waals surface area contributed by atoms with Crippen LogP contribution >= 0.6 is 0 Å². The third-order valence-corrected chi connectivity index (χ3v) is 3.99. The molecule has 1 heterocycles. The van der Waals surface area contributed by atoms with Gasteiger partial charge >= 0.3 is 23.9 Å². The lowest BCUT2D eigenvalue weighted by atomic mass is 9.84. The van der Waals surface area contributed by atoms with Crippen LogP contribution < -0.4 is 0 Å². The minimum absolute atomic E-state index is 0.656. The molecule has 0 radical (unpaired) electrons. The van der Waals surface area contributed by atoms with Crippen molar-refractivity contribution < 1.29 is 47.6 Å². The molecule has 1 aliphatic heterocycles. The third-order valence-electron chi connectivity index (χ3n) is 3.99. The van der Waals surface area contributed by atoms with Gasteiger partial charge < -0.3 is 28.4 Å². The molecule has 0 bridgehead atoms. The van der Waals surface area contributed by atoms with E-state index in [9.17, 15) is 19.2 Å². The number of carbonyl (C=O) groups excluding carboxylic acids is 4. The Bertz CT molecular complexity index is 575. The number of ether oxygens (including phenoxy) is 6. The van der Waals surface area contributed by atoms with E-state index >= 15 is 0 Å². The summed E-state index contributed by atoms with van der Waals surface area (Å²) < 4.78 is 32.9. The molecule has 0 aromatic heterocycles. The second-order valence-corrected chi connectivity index (χ2v) is 6.86. The molecule has 1 aliphatic carbocycles. The number of esters is 4. The van der Waals surface area contributed by atoms with Crippen molar-refractivity contribution in [2.24, 2.45) is 0 Å². The van der Waals surface area contributed by atoms with Crippen LogP contribution in [0.15, 0.2) is 0 Å². The first-order chi connectivity index (χ1) is 12.4. The number of fused-ring (bicyclic) bond motifs is 1. The van der Waals surface area contributed by atoms with Crippen molar-refractivity contribution >= 4 is 23.9 Å². The topological polar surface area (TPSA) is 124 Å². The van der Waals surface area contributed by atoms with Gasteiger partial charge in [-0.3, -0.25) is 19.2 Å². The molecule has 0 aromatic rings. The van der Waals surface area contributed by atoms with Crippen LogP contribution in [0.3, 0.4) is 0 Å². The van der Waals surface area contributed by atoms with Gasteiger partial charge in [0.05, 0.1) is 0 Å². The van der Waals surface area contributed by atoms with Crippen molar-refractivity contribution in [1.29, 1.82) is 0 Å². The van der Waals surface area contributed by atoms with Gasteiger partial charge in [0.1, 0.15) is 12.2 Å². The second kappa shape index (κ2) is 7.81. The van der Waals surface area contributed by atoms with Crippen LogP contribution in [0.1, 0.15) is 41.5 Å². The van der Waals surface area contributed by atoms with Crippen molar-refractivity contribution in [1.82, 2.24) is 0 Å². The van der Waals surface area contributed by atoms with E-state index in [1.54, 1.807) is 13.8 Å². The maximum Gasteiger partial charge on any atom is 0.303 e. The van der Waals surface area contributed by atoms with E-state index in [4.69, 9.17) is 28.4 Å². The highest BCUT2D eigenvalue weighted by atomic mass is 16.8. The molecule has 6 atom stereocenters. The van der Waals surface area contributed by atoms with Crippen LogP contribution in [0.25, 0.3) is 0 Å². The summed E-state index contributed by atoms with van der Waals surface area (Å²) >= 11 is 0. The van der Waals surface area contributed by atoms with Crippen LogP contribution in [-0.2, 0) is 47.6 Å². The van der Waals surface area contributed by atoms with Crippen molar-refractivity contribution in [3.63, 3.8) is 0 Å². The van der Waals surface area contributed by atoms with Crippen molar-refractivity contribution in [2.45, 2.75) is 84.0 Å². The van der Waals surface area contributed by atoms with Gasteiger partial charge in [0.2, 0.25) is 0 Å². The Morgan fingerprint density at radius 2 is 0.852 bits per heavy atom. The van der Waals surface area contributed by atoms with Gasteiger partial charge in [-0.2, -0.15) is 0 Å². The maximum absolute atomic E-state index is 11.6. The van der Waals surface area contributed by atoms with E-state index < -0.39 is 66.3 Å². The molecule has 27 heavy (non-hydrogen) atoms. The molecule has 10 nitrogen and oxygen atoms in total. The van der Waals surface area contributed by atoms with E-state index in [2.05, 4.69) is 0 Å². The minimum Gasteiger partial charge on any atom is -0.456 e. The van der Waals surface area contributed by atoms with Gasteiger partial charge in [0, 0.05) is 27.7 Å². The molecule has 0 N–H and O–H groups in total. The van der Waals surface area contributed by atoms with Crippen LogP contribution in [-0.4, -0.2) is 66.3 Å². The van der Waals surface area contributed by atoms with E-state index in [1.165, 1.54) is 13.8 Å². The molecule has 0 amide bonds. The first kappa shape index (κ1) is 21.1. The van der Waals surface area contributed by atoms with E-state index in [1.807, 2.05) is 0 Å². The summed E-state index contributed by atoms with van der Waals surface area (Å²) in [6.45, 7) is 7.92. The number of carbonyl (C=O) groups is 4. The monoisotopic (exact) mass is 388 g/mol. The Morgan fingerprint density at radius 3 is 1.11 bits per heavy atom. The molecule has 2 rings (SSSR count). The van der Waals surface area contributed by atoms with Gasteiger partial charge in [-0.1, -0.05) is 0 Å². The molecule has 152 valence electrons. The molecule has 1 saturated carbocycles. The molecule has 0 unspecified atom stereocenters. The zero-order valence-electron chi connectivity index (χ0n) is 16.0. The average molecular weight is 388 g/mol. The largest absolute Gasteiger partial charge is 0.456 e. The predicted octanol–water partition coefficient (Wildman–Crippen LogP) is 0.247. The number of hydrogen-bond acceptors (Lipinski definition) is 10. The lowest BCUT2D eigenvalue weighted by molar-refractivity contribution is -0.234. The van der Waals surface area contributed by atoms with E-state index in [0.717, 1.165) is 13.8 Å². The van der Waals surface area contributed by atoms with E-state index in [0.29, 0.717) is 0 Å². The molecule has 0 aromatic carbocycles. The Labute approximate surface area is 156 Å². The fourth-order valence-electron chi connectivity index (χ4n) is 3.38. The number of hydrogen-bond donors (Lipinski definition) is 0. The highest BCUT2D eigenvalue weighted by Gasteiger charge is 2.63. The summed E-state index contributed by atoms with van der Waals surface area (Å²) in [6.07, 6.45) is -6.59. The summed E-state index contributed by atoms with van der Waals surface area (Å²) in [5.74, 6) is -3.81. The first-order valence-electron chi connectivity index (χ1n) is 8.46. The van der Waals surface area contributed by atoms with Crippen LogP contribution in [0.5, 0.6) is 0 Å². The van der Waals surface area contributed by atoms with Gasteiger partial charge in [0.15, 0.2) is 30.2 Å². The zero-order valence-corrected chi connectivity index (χ0v) is 16.0. The molecular weight excluding hydrogens is 364 g/mol. The Hall–Kier alpha value is -2.20. The second-order valence-electron chi connectivity index (χ2n) is 6.86. The summed E-state index contributed by atoms with van der Waals surface area (Å²) in [5.41, 5.74) is 0. The molecular formula is C17H24O10. The van der Waals surface area contributed by atoms with Crippen LogP contribution in [0, 0.1) is 0 Å². The van der Waals surface area contributed by atoms with Gasteiger partial charge in [-0.25, -0.2) is 0 Å². The normalized spacial score (nSPS) is 34.1. The average Bonchev–Trinajstić information content (AvgIpc) is 2.80. The lowest BCUT2D eigenvalue weighted by Crippen LogP contribution is -2.66. The molecule has 2 fully saturated rings. The highest BCUT2D eigenvalue weighted by molar-refractivity contribution is 5.69. The maximum atomic E-state index is 11.6. The summed E-state index contributed by atoms with van der Waals surface area (Å²) in [7, 11) is 0. The summed E-state index contributed by atoms with van der Waals surface area (Å²) in [6, 6.07) is 0. The Morgan fingerprint density at radius 1 is 0.593 bits per heavy atom. The van der Waals surface area contributed by atoms with Crippen LogP contribution in [0.4, 0.5) is 0 Å². The summed E-state index contributed by atoms with van der Waals surface area (Å²) in [5, 5.41) is 0. The van der Waals surface area contributed by atoms with E-state index in [-0.39, 0.29) is 0 Å². The smallest absolute Gasteiger partial charge is 0.303 e. The standard InChI is InChI=1S/C17H24O10/c1-7(18)22-11-12(23-8(2)19)14(25-10(4)21)16-15(13(11)24-9(3)20)26-17(5,6)27-16/h11-16H,1-6H3/t11-,12-,13+,14+,15-,16+/m0/s1. The van der Waals surface area contributed by atoms with Crippen LogP contribution in [0.2, 0.25) is 0 Å².